The van der Waals surface area contributed by atoms with Gasteiger partial charge >= 0.3 is 0 Å². The minimum Gasteiger partial charge on any atom is -0.366 e. The molecular weight excluding hydrogens is 296 g/mol. The van der Waals surface area contributed by atoms with E-state index in [2.05, 4.69) is 30.0 Å². The Hall–Kier alpha value is -2.13. The van der Waals surface area contributed by atoms with Crippen LogP contribution < -0.4 is 5.73 Å². The van der Waals surface area contributed by atoms with Gasteiger partial charge in [-0.2, -0.15) is 0 Å². The molecule has 0 radical (unpaired) electrons. The van der Waals surface area contributed by atoms with Gasteiger partial charge < -0.3 is 10.6 Å². The van der Waals surface area contributed by atoms with Crippen molar-refractivity contribution in [3.63, 3.8) is 0 Å². The van der Waals surface area contributed by atoms with Crippen molar-refractivity contribution in [2.45, 2.75) is 32.1 Å². The van der Waals surface area contributed by atoms with Gasteiger partial charge in [0.25, 0.3) is 0 Å². The molecule has 1 saturated heterocycles. The fourth-order valence-corrected chi connectivity index (χ4v) is 3.73. The summed E-state index contributed by atoms with van der Waals surface area (Å²) >= 11 is 0. The Labute approximate surface area is 144 Å². The molecule has 3 rings (SSSR count). The number of amides is 1. The highest BCUT2D eigenvalue weighted by Gasteiger charge is 2.19. The summed E-state index contributed by atoms with van der Waals surface area (Å²) in [7, 11) is 0. The Balaban J connectivity index is 1.92. The van der Waals surface area contributed by atoms with Crippen molar-refractivity contribution in [1.82, 2.24) is 4.90 Å². The molecule has 0 spiro atoms. The van der Waals surface area contributed by atoms with Crippen LogP contribution in [0.3, 0.4) is 0 Å². The molecule has 1 amide bonds. The summed E-state index contributed by atoms with van der Waals surface area (Å²) in [6.07, 6.45) is 3.96. The highest BCUT2D eigenvalue weighted by atomic mass is 16.1. The predicted octanol–water partition coefficient (Wildman–Crippen LogP) is 4.04. The molecule has 24 heavy (non-hydrogen) atoms. The monoisotopic (exact) mass is 322 g/mol. The van der Waals surface area contributed by atoms with Gasteiger partial charge in [0.05, 0.1) is 0 Å². The number of likely N-dealkylation sites (tertiary alicyclic amines) is 1. The van der Waals surface area contributed by atoms with E-state index in [-0.39, 0.29) is 5.91 Å². The fourth-order valence-electron chi connectivity index (χ4n) is 3.73. The van der Waals surface area contributed by atoms with Crippen molar-refractivity contribution < 1.29 is 4.79 Å². The van der Waals surface area contributed by atoms with E-state index >= 15 is 0 Å². The lowest BCUT2D eigenvalue weighted by atomic mass is 9.88. The van der Waals surface area contributed by atoms with Gasteiger partial charge in [-0.25, -0.2) is 0 Å². The molecule has 3 heteroatoms. The lowest BCUT2D eigenvalue weighted by Gasteiger charge is -2.30. The zero-order chi connectivity index (χ0) is 16.9. The van der Waals surface area contributed by atoms with Crippen LogP contribution in [0.15, 0.2) is 48.5 Å². The topological polar surface area (TPSA) is 46.3 Å². The molecule has 1 fully saturated rings. The summed E-state index contributed by atoms with van der Waals surface area (Å²) in [5.74, 6) is 0.0457. The molecular formula is C21H26N2O. The maximum atomic E-state index is 11.8. The van der Waals surface area contributed by atoms with E-state index in [0.717, 1.165) is 17.7 Å². The minimum absolute atomic E-state index is 0.371. The summed E-state index contributed by atoms with van der Waals surface area (Å²) in [5, 5.41) is 0. The molecule has 3 nitrogen and oxygen atoms in total. The van der Waals surface area contributed by atoms with Gasteiger partial charge in [0, 0.05) is 12.1 Å². The Bertz CT molecular complexity index is 704. The first kappa shape index (κ1) is 16.7. The number of rotatable bonds is 5. The van der Waals surface area contributed by atoms with Gasteiger partial charge in [0.2, 0.25) is 5.91 Å². The summed E-state index contributed by atoms with van der Waals surface area (Å²) in [5.41, 5.74) is 9.52. The summed E-state index contributed by atoms with van der Waals surface area (Å²) in [6, 6.07) is 16.0. The van der Waals surface area contributed by atoms with Gasteiger partial charge in [-0.3, -0.25) is 4.79 Å². The SMILES string of the molecule is CC(CN1CCCCC1)c1ccccc1-c1ccccc1C(N)=O. The predicted molar refractivity (Wildman–Crippen MR) is 99.1 cm³/mol. The Morgan fingerprint density at radius 3 is 2.33 bits per heavy atom. The maximum absolute atomic E-state index is 11.8. The molecule has 0 saturated carbocycles. The first-order chi connectivity index (χ1) is 11.7. The average Bonchev–Trinajstić information content (AvgIpc) is 2.62. The van der Waals surface area contributed by atoms with Crippen LogP contribution in [-0.2, 0) is 0 Å². The molecule has 1 unspecified atom stereocenters. The molecule has 0 aromatic heterocycles. The highest BCUT2D eigenvalue weighted by Crippen LogP contribution is 2.32. The molecule has 1 heterocycles. The molecule has 2 N–H and O–H groups in total. The molecule has 1 atom stereocenters. The molecule has 1 aliphatic heterocycles. The van der Waals surface area contributed by atoms with Gasteiger partial charge in [-0.15, -0.1) is 0 Å². The third-order valence-corrected chi connectivity index (χ3v) is 4.96. The van der Waals surface area contributed by atoms with E-state index in [1.54, 1.807) is 0 Å². The summed E-state index contributed by atoms with van der Waals surface area (Å²) < 4.78 is 0. The lowest BCUT2D eigenvalue weighted by molar-refractivity contribution is 0.100. The van der Waals surface area contributed by atoms with E-state index < -0.39 is 0 Å². The van der Waals surface area contributed by atoms with Crippen LogP contribution in [0.25, 0.3) is 11.1 Å². The fraction of sp³-hybridized carbons (Fsp3) is 0.381. The second kappa shape index (κ2) is 7.63. The number of primary amides is 1. The van der Waals surface area contributed by atoms with Gasteiger partial charge in [0.1, 0.15) is 0 Å². The van der Waals surface area contributed by atoms with Crippen LogP contribution in [0.4, 0.5) is 0 Å². The van der Waals surface area contributed by atoms with Gasteiger partial charge in [0.15, 0.2) is 0 Å². The van der Waals surface area contributed by atoms with Crippen molar-refractivity contribution in [1.29, 1.82) is 0 Å². The minimum atomic E-state index is -0.371. The number of piperidine rings is 1. The van der Waals surface area contributed by atoms with Gasteiger partial charge in [-0.05, 0) is 54.6 Å². The number of hydrogen-bond acceptors (Lipinski definition) is 2. The maximum Gasteiger partial charge on any atom is 0.249 e. The number of carbonyl (C=O) groups is 1. The molecule has 0 aliphatic carbocycles. The largest absolute Gasteiger partial charge is 0.366 e. The van der Waals surface area contributed by atoms with Crippen molar-refractivity contribution in [2.75, 3.05) is 19.6 Å². The van der Waals surface area contributed by atoms with Crippen LogP contribution in [0.2, 0.25) is 0 Å². The number of benzene rings is 2. The van der Waals surface area contributed by atoms with E-state index in [1.165, 1.54) is 37.9 Å². The Kier molecular flexibility index (Phi) is 5.31. The Morgan fingerprint density at radius 2 is 1.62 bits per heavy atom. The van der Waals surface area contributed by atoms with Crippen LogP contribution in [0, 0.1) is 0 Å². The molecule has 2 aromatic carbocycles. The second-order valence-corrected chi connectivity index (χ2v) is 6.76. The number of hydrogen-bond donors (Lipinski definition) is 1. The lowest BCUT2D eigenvalue weighted by Crippen LogP contribution is -2.33. The first-order valence-corrected chi connectivity index (χ1v) is 8.87. The second-order valence-electron chi connectivity index (χ2n) is 6.76. The number of nitrogens with zero attached hydrogens (tertiary/aromatic N) is 1. The highest BCUT2D eigenvalue weighted by molar-refractivity contribution is 6.00. The van der Waals surface area contributed by atoms with Gasteiger partial charge in [-0.1, -0.05) is 55.8 Å². The summed E-state index contributed by atoms with van der Waals surface area (Å²) in [4.78, 5) is 14.4. The number of carbonyl (C=O) groups excluding carboxylic acids is 1. The normalized spacial score (nSPS) is 16.7. The quantitative estimate of drug-likeness (QED) is 0.903. The van der Waals surface area contributed by atoms with E-state index in [4.69, 9.17) is 5.73 Å². The zero-order valence-corrected chi connectivity index (χ0v) is 14.4. The van der Waals surface area contributed by atoms with Crippen LogP contribution in [0.1, 0.15) is 48.0 Å². The average molecular weight is 322 g/mol. The van der Waals surface area contributed by atoms with Crippen molar-refractivity contribution in [3.05, 3.63) is 59.7 Å². The first-order valence-electron chi connectivity index (χ1n) is 8.87. The van der Waals surface area contributed by atoms with Crippen molar-refractivity contribution in [2.24, 2.45) is 5.73 Å². The van der Waals surface area contributed by atoms with Crippen molar-refractivity contribution in [3.8, 4) is 11.1 Å². The molecule has 126 valence electrons. The van der Waals surface area contributed by atoms with Crippen molar-refractivity contribution >= 4 is 5.91 Å². The van der Waals surface area contributed by atoms with E-state index in [0.29, 0.717) is 11.5 Å². The smallest absolute Gasteiger partial charge is 0.249 e. The van der Waals surface area contributed by atoms with Crippen LogP contribution in [-0.4, -0.2) is 30.4 Å². The number of nitrogens with two attached hydrogens (primary N) is 1. The van der Waals surface area contributed by atoms with Crippen LogP contribution >= 0.6 is 0 Å². The Morgan fingerprint density at radius 1 is 1.00 bits per heavy atom. The van der Waals surface area contributed by atoms with E-state index in [9.17, 15) is 4.79 Å². The molecule has 0 bridgehead atoms. The van der Waals surface area contributed by atoms with Crippen LogP contribution in [0.5, 0.6) is 0 Å². The van der Waals surface area contributed by atoms with E-state index in [1.807, 2.05) is 30.3 Å². The summed E-state index contributed by atoms with van der Waals surface area (Å²) in [6.45, 7) is 5.74. The third-order valence-electron chi connectivity index (χ3n) is 4.96. The standard InChI is InChI=1S/C21H26N2O/c1-16(15-23-13-7-2-8-14-23)17-9-3-4-10-18(17)19-11-5-6-12-20(19)21(22)24/h3-6,9-12,16H,2,7-8,13-15H2,1H3,(H2,22,24). The molecule has 1 aliphatic rings. The zero-order valence-electron chi connectivity index (χ0n) is 14.4. The molecule has 2 aromatic rings. The third kappa shape index (κ3) is 3.68.